The van der Waals surface area contributed by atoms with Crippen LogP contribution in [0.4, 0.5) is 4.39 Å². The number of sulfone groups is 1. The number of carboxylic acid groups (broad SMARTS) is 1. The fourth-order valence-electron chi connectivity index (χ4n) is 1.38. The Balaban J connectivity index is 3.06. The highest BCUT2D eigenvalue weighted by Gasteiger charge is 2.16. The van der Waals surface area contributed by atoms with Crippen LogP contribution in [-0.2, 0) is 20.4 Å². The summed E-state index contributed by atoms with van der Waals surface area (Å²) in [6.07, 6.45) is 1.01. The molecule has 4 nitrogen and oxygen atoms in total. The first-order valence-electron chi connectivity index (χ1n) is 4.89. The van der Waals surface area contributed by atoms with Gasteiger partial charge in [-0.15, -0.1) is 0 Å². The SMILES string of the molecule is CC(C(=O)O)c1ccc(CS(C)(=O)=O)c(F)c1. The predicted molar refractivity (Wildman–Crippen MR) is 61.0 cm³/mol. The molecule has 0 fully saturated rings. The largest absolute Gasteiger partial charge is 0.481 e. The van der Waals surface area contributed by atoms with Gasteiger partial charge in [-0.2, -0.15) is 0 Å². The summed E-state index contributed by atoms with van der Waals surface area (Å²) in [5.41, 5.74) is 0.362. The third-order valence-electron chi connectivity index (χ3n) is 2.37. The minimum atomic E-state index is -3.31. The second kappa shape index (κ2) is 4.83. The number of carbonyl (C=O) groups is 1. The molecule has 1 atom stereocenters. The minimum Gasteiger partial charge on any atom is -0.481 e. The van der Waals surface area contributed by atoms with Gasteiger partial charge in [-0.1, -0.05) is 12.1 Å². The molecule has 0 saturated heterocycles. The summed E-state index contributed by atoms with van der Waals surface area (Å²) >= 11 is 0. The monoisotopic (exact) mass is 260 g/mol. The lowest BCUT2D eigenvalue weighted by atomic mass is 10.00. The lowest BCUT2D eigenvalue weighted by Gasteiger charge is -2.08. The first-order valence-corrected chi connectivity index (χ1v) is 6.95. The molecular formula is C11H13FO4S. The van der Waals surface area contributed by atoms with Gasteiger partial charge in [0.05, 0.1) is 11.7 Å². The molecule has 1 aromatic carbocycles. The van der Waals surface area contributed by atoms with Crippen molar-refractivity contribution in [3.05, 3.63) is 35.1 Å². The van der Waals surface area contributed by atoms with E-state index in [1.54, 1.807) is 0 Å². The third kappa shape index (κ3) is 3.81. The molecular weight excluding hydrogens is 247 g/mol. The van der Waals surface area contributed by atoms with Gasteiger partial charge in [-0.05, 0) is 18.6 Å². The Labute approximate surface area is 99.0 Å². The zero-order chi connectivity index (χ0) is 13.2. The van der Waals surface area contributed by atoms with E-state index in [9.17, 15) is 17.6 Å². The summed E-state index contributed by atoms with van der Waals surface area (Å²) in [5.74, 6) is -2.96. The smallest absolute Gasteiger partial charge is 0.310 e. The molecule has 0 saturated carbocycles. The maximum Gasteiger partial charge on any atom is 0.310 e. The van der Waals surface area contributed by atoms with Crippen molar-refractivity contribution in [2.45, 2.75) is 18.6 Å². The van der Waals surface area contributed by atoms with Crippen LogP contribution < -0.4 is 0 Å². The zero-order valence-electron chi connectivity index (χ0n) is 9.47. The molecule has 1 unspecified atom stereocenters. The van der Waals surface area contributed by atoms with Crippen LogP contribution >= 0.6 is 0 Å². The second-order valence-corrected chi connectivity index (χ2v) is 6.12. The van der Waals surface area contributed by atoms with Crippen molar-refractivity contribution in [3.63, 3.8) is 0 Å². The van der Waals surface area contributed by atoms with Crippen molar-refractivity contribution in [1.29, 1.82) is 0 Å². The highest BCUT2D eigenvalue weighted by molar-refractivity contribution is 7.89. The molecule has 17 heavy (non-hydrogen) atoms. The Bertz CT molecular complexity index is 536. The molecule has 0 radical (unpaired) electrons. The van der Waals surface area contributed by atoms with Crippen molar-refractivity contribution in [1.82, 2.24) is 0 Å². The van der Waals surface area contributed by atoms with Gasteiger partial charge in [0.2, 0.25) is 0 Å². The number of rotatable bonds is 4. The van der Waals surface area contributed by atoms with E-state index in [1.807, 2.05) is 0 Å². The van der Waals surface area contributed by atoms with Crippen LogP contribution in [-0.4, -0.2) is 25.7 Å². The quantitative estimate of drug-likeness (QED) is 0.891. The zero-order valence-corrected chi connectivity index (χ0v) is 10.3. The number of hydrogen-bond donors (Lipinski definition) is 1. The summed E-state index contributed by atoms with van der Waals surface area (Å²) in [6.45, 7) is 1.44. The van der Waals surface area contributed by atoms with Crippen molar-refractivity contribution >= 4 is 15.8 Å². The average molecular weight is 260 g/mol. The van der Waals surface area contributed by atoms with E-state index in [0.29, 0.717) is 5.56 Å². The van der Waals surface area contributed by atoms with Crippen LogP contribution in [0.5, 0.6) is 0 Å². The van der Waals surface area contributed by atoms with Gasteiger partial charge < -0.3 is 5.11 Å². The van der Waals surface area contributed by atoms with Gasteiger partial charge in [0.1, 0.15) is 5.82 Å². The number of hydrogen-bond acceptors (Lipinski definition) is 3. The van der Waals surface area contributed by atoms with Crippen LogP contribution in [0.1, 0.15) is 24.0 Å². The van der Waals surface area contributed by atoms with Crippen molar-refractivity contribution < 1.29 is 22.7 Å². The normalized spacial score (nSPS) is 13.4. The topological polar surface area (TPSA) is 71.4 Å². The van der Waals surface area contributed by atoms with E-state index in [1.165, 1.54) is 19.1 Å². The number of halogens is 1. The molecule has 0 bridgehead atoms. The average Bonchev–Trinajstić information content (AvgIpc) is 2.18. The molecule has 1 N–H and O–H groups in total. The Kier molecular flexibility index (Phi) is 3.87. The lowest BCUT2D eigenvalue weighted by molar-refractivity contribution is -0.138. The molecule has 1 rings (SSSR count). The van der Waals surface area contributed by atoms with Gasteiger partial charge in [-0.3, -0.25) is 4.79 Å². The summed E-state index contributed by atoms with van der Waals surface area (Å²) in [6, 6.07) is 3.81. The first kappa shape index (κ1) is 13.6. The van der Waals surface area contributed by atoms with Gasteiger partial charge in [0.25, 0.3) is 0 Å². The van der Waals surface area contributed by atoms with Crippen molar-refractivity contribution in [2.24, 2.45) is 0 Å². The maximum atomic E-state index is 13.5. The lowest BCUT2D eigenvalue weighted by Crippen LogP contribution is -2.09. The number of carboxylic acids is 1. The molecule has 0 aromatic heterocycles. The van der Waals surface area contributed by atoms with E-state index in [-0.39, 0.29) is 11.3 Å². The van der Waals surface area contributed by atoms with Crippen LogP contribution in [0.3, 0.4) is 0 Å². The van der Waals surface area contributed by atoms with Gasteiger partial charge in [-0.25, -0.2) is 12.8 Å². The third-order valence-corrected chi connectivity index (χ3v) is 3.20. The fourth-order valence-corrected chi connectivity index (χ4v) is 2.17. The molecule has 0 amide bonds. The van der Waals surface area contributed by atoms with Crippen molar-refractivity contribution in [3.8, 4) is 0 Å². The van der Waals surface area contributed by atoms with E-state index >= 15 is 0 Å². The molecule has 0 aliphatic carbocycles. The number of aliphatic carboxylic acids is 1. The predicted octanol–water partition coefficient (Wildman–Crippen LogP) is 1.56. The molecule has 1 aromatic rings. The summed E-state index contributed by atoms with van der Waals surface area (Å²) in [4.78, 5) is 10.7. The molecule has 0 aliphatic rings. The number of benzene rings is 1. The highest BCUT2D eigenvalue weighted by Crippen LogP contribution is 2.20. The van der Waals surface area contributed by atoms with Crippen LogP contribution in [0.15, 0.2) is 18.2 Å². The van der Waals surface area contributed by atoms with E-state index in [2.05, 4.69) is 0 Å². The van der Waals surface area contributed by atoms with Gasteiger partial charge in [0.15, 0.2) is 9.84 Å². The molecule has 0 heterocycles. The molecule has 6 heteroatoms. The summed E-state index contributed by atoms with van der Waals surface area (Å²) in [7, 11) is -3.31. The molecule has 94 valence electrons. The fraction of sp³-hybridized carbons (Fsp3) is 0.364. The first-order chi connectivity index (χ1) is 7.70. The molecule has 0 aliphatic heterocycles. The van der Waals surface area contributed by atoms with Crippen LogP contribution in [0.25, 0.3) is 0 Å². The highest BCUT2D eigenvalue weighted by atomic mass is 32.2. The Hall–Kier alpha value is -1.43. The second-order valence-electron chi connectivity index (χ2n) is 3.98. The van der Waals surface area contributed by atoms with Gasteiger partial charge in [0, 0.05) is 11.8 Å². The van der Waals surface area contributed by atoms with Crippen LogP contribution in [0.2, 0.25) is 0 Å². The van der Waals surface area contributed by atoms with E-state index in [0.717, 1.165) is 12.3 Å². The maximum absolute atomic E-state index is 13.5. The van der Waals surface area contributed by atoms with E-state index in [4.69, 9.17) is 5.11 Å². The summed E-state index contributed by atoms with van der Waals surface area (Å²) < 4.78 is 35.6. The minimum absolute atomic E-state index is 0.0499. The molecule has 0 spiro atoms. The van der Waals surface area contributed by atoms with Crippen LogP contribution in [0, 0.1) is 5.82 Å². The Morgan fingerprint density at radius 2 is 2.06 bits per heavy atom. The van der Waals surface area contributed by atoms with Gasteiger partial charge >= 0.3 is 5.97 Å². The summed E-state index contributed by atoms with van der Waals surface area (Å²) in [5, 5.41) is 8.76. The Morgan fingerprint density at radius 3 is 2.47 bits per heavy atom. The Morgan fingerprint density at radius 1 is 1.47 bits per heavy atom. The van der Waals surface area contributed by atoms with E-state index < -0.39 is 27.5 Å². The van der Waals surface area contributed by atoms with Crippen molar-refractivity contribution in [2.75, 3.05) is 6.26 Å². The standard InChI is InChI=1S/C11H13FO4S/c1-7(11(13)14)8-3-4-9(10(12)5-8)6-17(2,15)16/h3-5,7H,6H2,1-2H3,(H,13,14).